The Morgan fingerprint density at radius 1 is 1.44 bits per heavy atom. The van der Waals surface area contributed by atoms with Crippen molar-refractivity contribution >= 4 is 0 Å². The molecule has 0 bridgehead atoms. The van der Waals surface area contributed by atoms with Crippen LogP contribution < -0.4 is 10.5 Å². The van der Waals surface area contributed by atoms with E-state index in [1.807, 2.05) is 6.07 Å². The highest BCUT2D eigenvalue weighted by atomic mass is 16.5. The lowest BCUT2D eigenvalue weighted by Gasteiger charge is -2.09. The van der Waals surface area contributed by atoms with Gasteiger partial charge in [-0.1, -0.05) is 0 Å². The summed E-state index contributed by atoms with van der Waals surface area (Å²) in [5, 5.41) is 18.7. The molecule has 4 heteroatoms. The van der Waals surface area contributed by atoms with Gasteiger partial charge in [0, 0.05) is 6.07 Å². The molecule has 0 aliphatic heterocycles. The zero-order chi connectivity index (χ0) is 12.0. The van der Waals surface area contributed by atoms with E-state index >= 15 is 0 Å². The van der Waals surface area contributed by atoms with E-state index < -0.39 is 0 Å². The molecular formula is C12H16N2O2. The molecule has 1 rings (SSSR count). The molecule has 1 aromatic rings. The first kappa shape index (κ1) is 12.3. The van der Waals surface area contributed by atoms with Crippen LogP contribution in [0.25, 0.3) is 0 Å². The third kappa shape index (κ3) is 2.88. The number of aryl methyl sites for hydroxylation is 1. The minimum Gasteiger partial charge on any atom is -0.504 e. The number of aromatic hydroxyl groups is 1. The highest BCUT2D eigenvalue weighted by molar-refractivity contribution is 5.51. The Morgan fingerprint density at radius 2 is 2.19 bits per heavy atom. The van der Waals surface area contributed by atoms with Crippen LogP contribution in [0.4, 0.5) is 0 Å². The van der Waals surface area contributed by atoms with Gasteiger partial charge in [-0.25, -0.2) is 0 Å². The maximum absolute atomic E-state index is 9.84. The standard InChI is InChI=1S/C12H16N2O2/c1-16-11-7-9(8-14)6-10(12(11)15)4-2-3-5-13/h6-7,15H,2-5,13H2,1H3. The van der Waals surface area contributed by atoms with E-state index in [2.05, 4.69) is 0 Å². The molecule has 0 spiro atoms. The van der Waals surface area contributed by atoms with Crippen LogP contribution in [0.1, 0.15) is 24.0 Å². The van der Waals surface area contributed by atoms with Crippen LogP contribution >= 0.6 is 0 Å². The normalized spacial score (nSPS) is 9.81. The first-order valence-electron chi connectivity index (χ1n) is 5.23. The average molecular weight is 220 g/mol. The van der Waals surface area contributed by atoms with Crippen LogP contribution in [0.5, 0.6) is 11.5 Å². The van der Waals surface area contributed by atoms with Crippen molar-refractivity contribution < 1.29 is 9.84 Å². The minimum atomic E-state index is 0.124. The summed E-state index contributed by atoms with van der Waals surface area (Å²) < 4.78 is 5.01. The van der Waals surface area contributed by atoms with Crippen molar-refractivity contribution in [1.29, 1.82) is 5.26 Å². The lowest BCUT2D eigenvalue weighted by molar-refractivity contribution is 0.370. The molecule has 0 radical (unpaired) electrons. The summed E-state index contributed by atoms with van der Waals surface area (Å²) in [4.78, 5) is 0. The predicted molar refractivity (Wildman–Crippen MR) is 61.4 cm³/mol. The molecule has 0 aliphatic carbocycles. The van der Waals surface area contributed by atoms with Gasteiger partial charge in [-0.2, -0.15) is 5.26 Å². The fourth-order valence-electron chi connectivity index (χ4n) is 1.54. The SMILES string of the molecule is COc1cc(C#N)cc(CCCCN)c1O. The third-order valence-corrected chi connectivity index (χ3v) is 2.40. The van der Waals surface area contributed by atoms with Gasteiger partial charge in [0.25, 0.3) is 0 Å². The number of methoxy groups -OCH3 is 1. The molecule has 0 saturated heterocycles. The number of nitriles is 1. The van der Waals surface area contributed by atoms with E-state index in [0.717, 1.165) is 18.4 Å². The molecule has 1 aromatic carbocycles. The lowest BCUT2D eigenvalue weighted by Crippen LogP contribution is -1.99. The number of phenolic OH excluding ortho intramolecular Hbond substituents is 1. The largest absolute Gasteiger partial charge is 0.504 e. The van der Waals surface area contributed by atoms with E-state index in [1.165, 1.54) is 13.2 Å². The van der Waals surface area contributed by atoms with E-state index in [1.54, 1.807) is 6.07 Å². The van der Waals surface area contributed by atoms with Crippen molar-refractivity contribution in [2.75, 3.05) is 13.7 Å². The Labute approximate surface area is 95.3 Å². The number of nitrogens with two attached hydrogens (primary N) is 1. The molecule has 0 amide bonds. The summed E-state index contributed by atoms with van der Waals surface area (Å²) in [6.45, 7) is 0.635. The fourth-order valence-corrected chi connectivity index (χ4v) is 1.54. The van der Waals surface area contributed by atoms with Gasteiger partial charge in [0.1, 0.15) is 0 Å². The van der Waals surface area contributed by atoms with Crippen molar-refractivity contribution in [2.45, 2.75) is 19.3 Å². The van der Waals surface area contributed by atoms with Gasteiger partial charge in [-0.3, -0.25) is 0 Å². The van der Waals surface area contributed by atoms with Gasteiger partial charge in [0.2, 0.25) is 0 Å². The van der Waals surface area contributed by atoms with E-state index in [9.17, 15) is 5.11 Å². The van der Waals surface area contributed by atoms with Gasteiger partial charge in [-0.05, 0) is 37.4 Å². The van der Waals surface area contributed by atoms with Crippen molar-refractivity contribution in [2.24, 2.45) is 5.73 Å². The lowest BCUT2D eigenvalue weighted by atomic mass is 10.0. The molecule has 16 heavy (non-hydrogen) atoms. The molecule has 0 atom stereocenters. The van der Waals surface area contributed by atoms with Gasteiger partial charge in [0.15, 0.2) is 11.5 Å². The number of benzene rings is 1. The Kier molecular flexibility index (Phi) is 4.62. The van der Waals surface area contributed by atoms with Crippen LogP contribution in [0.2, 0.25) is 0 Å². The third-order valence-electron chi connectivity index (χ3n) is 2.40. The van der Waals surface area contributed by atoms with Crippen LogP contribution in [0.3, 0.4) is 0 Å². The number of unbranched alkanes of at least 4 members (excludes halogenated alkanes) is 1. The molecule has 3 N–H and O–H groups in total. The molecule has 4 nitrogen and oxygen atoms in total. The summed E-state index contributed by atoms with van der Waals surface area (Å²) >= 11 is 0. The second-order valence-electron chi connectivity index (χ2n) is 3.54. The molecule has 0 saturated carbocycles. The average Bonchev–Trinajstić information content (AvgIpc) is 2.31. The first-order valence-corrected chi connectivity index (χ1v) is 5.23. The number of rotatable bonds is 5. The second kappa shape index (κ2) is 5.99. The van der Waals surface area contributed by atoms with Gasteiger partial charge < -0.3 is 15.6 Å². The van der Waals surface area contributed by atoms with E-state index in [4.69, 9.17) is 15.7 Å². The van der Waals surface area contributed by atoms with Gasteiger partial charge >= 0.3 is 0 Å². The molecule has 0 unspecified atom stereocenters. The summed E-state index contributed by atoms with van der Waals surface area (Å²) in [7, 11) is 1.47. The summed E-state index contributed by atoms with van der Waals surface area (Å²) in [6, 6.07) is 5.26. The van der Waals surface area contributed by atoms with Crippen molar-refractivity contribution in [3.63, 3.8) is 0 Å². The summed E-state index contributed by atoms with van der Waals surface area (Å²) in [5.41, 5.74) is 6.64. The van der Waals surface area contributed by atoms with E-state index in [0.29, 0.717) is 24.3 Å². The van der Waals surface area contributed by atoms with Gasteiger partial charge in [-0.15, -0.1) is 0 Å². The molecule has 0 aliphatic rings. The quantitative estimate of drug-likeness (QED) is 0.738. The number of nitrogens with zero attached hydrogens (tertiary/aromatic N) is 1. The van der Waals surface area contributed by atoms with Crippen molar-refractivity contribution in [3.05, 3.63) is 23.3 Å². The zero-order valence-electron chi connectivity index (χ0n) is 9.36. The molecule has 0 aromatic heterocycles. The Hall–Kier alpha value is -1.73. The van der Waals surface area contributed by atoms with Crippen LogP contribution in [-0.4, -0.2) is 18.8 Å². The number of phenols is 1. The van der Waals surface area contributed by atoms with Crippen molar-refractivity contribution in [3.8, 4) is 17.6 Å². The zero-order valence-corrected chi connectivity index (χ0v) is 9.36. The Balaban J connectivity index is 2.93. The number of hydrogen-bond donors (Lipinski definition) is 2. The van der Waals surface area contributed by atoms with Crippen molar-refractivity contribution in [1.82, 2.24) is 0 Å². The highest BCUT2D eigenvalue weighted by Gasteiger charge is 2.10. The maximum atomic E-state index is 9.84. The molecule has 86 valence electrons. The highest BCUT2D eigenvalue weighted by Crippen LogP contribution is 2.32. The second-order valence-corrected chi connectivity index (χ2v) is 3.54. The Morgan fingerprint density at radius 3 is 2.75 bits per heavy atom. The molecule has 0 heterocycles. The molecular weight excluding hydrogens is 204 g/mol. The van der Waals surface area contributed by atoms with Gasteiger partial charge in [0.05, 0.1) is 18.7 Å². The number of hydrogen-bond acceptors (Lipinski definition) is 4. The monoisotopic (exact) mass is 220 g/mol. The number of ether oxygens (including phenoxy) is 1. The first-order chi connectivity index (χ1) is 7.72. The maximum Gasteiger partial charge on any atom is 0.162 e. The van der Waals surface area contributed by atoms with Crippen LogP contribution in [0, 0.1) is 11.3 Å². The molecule has 0 fully saturated rings. The minimum absolute atomic E-state index is 0.124. The van der Waals surface area contributed by atoms with Crippen LogP contribution in [0.15, 0.2) is 12.1 Å². The smallest absolute Gasteiger partial charge is 0.162 e. The topological polar surface area (TPSA) is 79.3 Å². The summed E-state index contributed by atoms with van der Waals surface area (Å²) in [6.07, 6.45) is 2.50. The Bertz CT molecular complexity index is 397. The summed E-state index contributed by atoms with van der Waals surface area (Å²) in [5.74, 6) is 0.473. The van der Waals surface area contributed by atoms with E-state index in [-0.39, 0.29) is 5.75 Å². The fraction of sp³-hybridized carbons (Fsp3) is 0.417. The predicted octanol–water partition coefficient (Wildman–Crippen LogP) is 1.55. The van der Waals surface area contributed by atoms with Crippen LogP contribution in [-0.2, 0) is 6.42 Å².